The van der Waals surface area contributed by atoms with Crippen molar-refractivity contribution in [3.8, 4) is 0 Å². The smallest absolute Gasteiger partial charge is 0.410 e. The van der Waals surface area contributed by atoms with Crippen LogP contribution in [-0.2, 0) is 20.8 Å². The third-order valence-corrected chi connectivity index (χ3v) is 5.62. The highest BCUT2D eigenvalue weighted by Gasteiger charge is 2.58. The summed E-state index contributed by atoms with van der Waals surface area (Å²) in [5.74, 6) is -0.279. The molecule has 2 bridgehead atoms. The van der Waals surface area contributed by atoms with Gasteiger partial charge in [-0.15, -0.1) is 0 Å². The Balaban J connectivity index is 1.49. The number of benzene rings is 1. The Bertz CT molecular complexity index is 649. The van der Waals surface area contributed by atoms with E-state index < -0.39 is 11.4 Å². The van der Waals surface area contributed by atoms with Crippen LogP contribution in [0.1, 0.15) is 26.3 Å². The molecule has 3 fully saturated rings. The van der Waals surface area contributed by atoms with Crippen molar-refractivity contribution in [2.45, 2.75) is 38.7 Å². The number of hydrogen-bond acceptors (Lipinski definition) is 5. The van der Waals surface area contributed by atoms with Crippen molar-refractivity contribution >= 4 is 6.09 Å². The van der Waals surface area contributed by atoms with Gasteiger partial charge in [-0.1, -0.05) is 30.3 Å². The van der Waals surface area contributed by atoms with Crippen LogP contribution in [0.15, 0.2) is 30.3 Å². The van der Waals surface area contributed by atoms with Crippen LogP contribution in [-0.4, -0.2) is 66.7 Å². The lowest BCUT2D eigenvalue weighted by Crippen LogP contribution is -2.68. The summed E-state index contributed by atoms with van der Waals surface area (Å²) >= 11 is 0. The molecule has 148 valence electrons. The van der Waals surface area contributed by atoms with Gasteiger partial charge in [-0.25, -0.2) is 4.79 Å². The van der Waals surface area contributed by atoms with E-state index in [0.29, 0.717) is 26.3 Å². The first-order valence-corrected chi connectivity index (χ1v) is 9.88. The molecule has 3 aliphatic heterocycles. The first-order chi connectivity index (χ1) is 12.9. The molecule has 3 saturated heterocycles. The predicted octanol–water partition coefficient (Wildman–Crippen LogP) is 2.73. The first kappa shape index (κ1) is 18.7. The second-order valence-electron chi connectivity index (χ2n) is 8.88. The molecule has 0 saturated carbocycles. The Morgan fingerprint density at radius 2 is 1.67 bits per heavy atom. The maximum atomic E-state index is 12.6. The summed E-state index contributed by atoms with van der Waals surface area (Å²) in [6.07, 6.45) is -0.234. The van der Waals surface area contributed by atoms with Crippen molar-refractivity contribution in [1.82, 2.24) is 9.80 Å². The quantitative estimate of drug-likeness (QED) is 0.797. The van der Waals surface area contributed by atoms with E-state index in [2.05, 4.69) is 29.2 Å². The SMILES string of the molecule is CC(C)(C)OC(=O)N1CC2CN(Cc3ccccc3)C[C@@H](C1)C21OCCO1. The molecule has 1 amide bonds. The zero-order chi connectivity index (χ0) is 19.1. The molecule has 3 heterocycles. The molecule has 1 spiro atoms. The number of piperidine rings is 2. The fourth-order valence-corrected chi connectivity index (χ4v) is 4.62. The average molecular weight is 374 g/mol. The number of likely N-dealkylation sites (tertiary alicyclic amines) is 2. The second-order valence-corrected chi connectivity index (χ2v) is 8.88. The van der Waals surface area contributed by atoms with Gasteiger partial charge in [0.25, 0.3) is 0 Å². The average Bonchev–Trinajstić information content (AvgIpc) is 3.05. The zero-order valence-electron chi connectivity index (χ0n) is 16.5. The van der Waals surface area contributed by atoms with Crippen LogP contribution in [0.4, 0.5) is 4.79 Å². The van der Waals surface area contributed by atoms with Gasteiger partial charge in [0.15, 0.2) is 5.79 Å². The molecule has 0 N–H and O–H groups in total. The normalized spacial score (nSPS) is 27.7. The Hall–Kier alpha value is -1.63. The molecule has 6 heteroatoms. The zero-order valence-corrected chi connectivity index (χ0v) is 16.5. The fourth-order valence-electron chi connectivity index (χ4n) is 4.62. The summed E-state index contributed by atoms with van der Waals surface area (Å²) in [5, 5.41) is 0. The van der Waals surface area contributed by atoms with Crippen LogP contribution < -0.4 is 0 Å². The Kier molecular flexibility index (Phi) is 4.91. The van der Waals surface area contributed by atoms with Gasteiger partial charge in [0.2, 0.25) is 0 Å². The molecule has 4 rings (SSSR count). The van der Waals surface area contributed by atoms with E-state index >= 15 is 0 Å². The highest BCUT2D eigenvalue weighted by atomic mass is 16.7. The predicted molar refractivity (Wildman–Crippen MR) is 101 cm³/mol. The van der Waals surface area contributed by atoms with Crippen LogP contribution >= 0.6 is 0 Å². The summed E-state index contributed by atoms with van der Waals surface area (Å²) in [7, 11) is 0. The summed E-state index contributed by atoms with van der Waals surface area (Å²) in [6, 6.07) is 10.5. The number of hydrogen-bond donors (Lipinski definition) is 0. The van der Waals surface area contributed by atoms with Crippen molar-refractivity contribution in [2.24, 2.45) is 11.8 Å². The van der Waals surface area contributed by atoms with Gasteiger partial charge in [0, 0.05) is 44.6 Å². The molecule has 1 aromatic carbocycles. The molecular formula is C21H30N2O4. The molecule has 0 aromatic heterocycles. The lowest BCUT2D eigenvalue weighted by atomic mass is 9.78. The number of rotatable bonds is 2. The van der Waals surface area contributed by atoms with Gasteiger partial charge in [-0.05, 0) is 26.3 Å². The van der Waals surface area contributed by atoms with Crippen LogP contribution in [0.2, 0.25) is 0 Å². The first-order valence-electron chi connectivity index (χ1n) is 9.88. The molecule has 27 heavy (non-hydrogen) atoms. The second kappa shape index (κ2) is 7.08. The molecular weight excluding hydrogens is 344 g/mol. The summed E-state index contributed by atoms with van der Waals surface area (Å²) in [6.45, 7) is 10.8. The lowest BCUT2D eigenvalue weighted by molar-refractivity contribution is -0.275. The highest BCUT2D eigenvalue weighted by Crippen LogP contribution is 2.44. The van der Waals surface area contributed by atoms with Gasteiger partial charge in [0.05, 0.1) is 13.2 Å². The van der Waals surface area contributed by atoms with E-state index in [0.717, 1.165) is 19.6 Å². The maximum Gasteiger partial charge on any atom is 0.410 e. The summed E-state index contributed by atoms with van der Waals surface area (Å²) < 4.78 is 17.9. The lowest BCUT2D eigenvalue weighted by Gasteiger charge is -2.54. The topological polar surface area (TPSA) is 51.2 Å². The van der Waals surface area contributed by atoms with Crippen LogP contribution in [0.5, 0.6) is 0 Å². The van der Waals surface area contributed by atoms with Crippen molar-refractivity contribution in [3.63, 3.8) is 0 Å². The third-order valence-electron chi connectivity index (χ3n) is 5.62. The molecule has 1 aromatic rings. The monoisotopic (exact) mass is 374 g/mol. The van der Waals surface area contributed by atoms with E-state index in [9.17, 15) is 4.79 Å². The molecule has 3 aliphatic rings. The molecule has 1 unspecified atom stereocenters. The number of carbonyl (C=O) groups is 1. The number of nitrogens with zero attached hydrogens (tertiary/aromatic N) is 2. The van der Waals surface area contributed by atoms with Crippen molar-refractivity contribution in [1.29, 1.82) is 0 Å². The number of carbonyl (C=O) groups excluding carboxylic acids is 1. The van der Waals surface area contributed by atoms with Gasteiger partial charge in [-0.3, -0.25) is 4.90 Å². The van der Waals surface area contributed by atoms with Gasteiger partial charge in [-0.2, -0.15) is 0 Å². The molecule has 6 nitrogen and oxygen atoms in total. The van der Waals surface area contributed by atoms with Crippen molar-refractivity contribution in [2.75, 3.05) is 39.4 Å². The molecule has 0 radical (unpaired) electrons. The highest BCUT2D eigenvalue weighted by molar-refractivity contribution is 5.68. The largest absolute Gasteiger partial charge is 0.444 e. The number of ether oxygens (including phenoxy) is 3. The summed E-state index contributed by atoms with van der Waals surface area (Å²) in [4.78, 5) is 16.9. The molecule has 2 atom stereocenters. The van der Waals surface area contributed by atoms with E-state index in [1.807, 2.05) is 31.7 Å². The van der Waals surface area contributed by atoms with E-state index in [1.165, 1.54) is 5.56 Å². The van der Waals surface area contributed by atoms with E-state index in [4.69, 9.17) is 14.2 Å². The Morgan fingerprint density at radius 3 is 2.22 bits per heavy atom. The van der Waals surface area contributed by atoms with Crippen LogP contribution in [0.25, 0.3) is 0 Å². The van der Waals surface area contributed by atoms with E-state index in [1.54, 1.807) is 0 Å². The van der Waals surface area contributed by atoms with Crippen molar-refractivity contribution in [3.05, 3.63) is 35.9 Å². The minimum Gasteiger partial charge on any atom is -0.444 e. The summed E-state index contributed by atoms with van der Waals surface area (Å²) in [5.41, 5.74) is 0.824. The minimum atomic E-state index is -0.536. The third kappa shape index (κ3) is 3.84. The van der Waals surface area contributed by atoms with Gasteiger partial charge >= 0.3 is 6.09 Å². The Morgan fingerprint density at radius 1 is 1.07 bits per heavy atom. The van der Waals surface area contributed by atoms with Crippen LogP contribution in [0, 0.1) is 11.8 Å². The standard InChI is InChI=1S/C21H30N2O4/c1-20(2,3)27-19(24)23-14-17-12-22(11-16-7-5-4-6-8-16)13-18(15-23)21(17)25-9-10-26-21/h4-8,17-18H,9-15H2,1-3H3/t17-,18?/m0/s1. The Labute approximate surface area is 161 Å². The van der Waals surface area contributed by atoms with Gasteiger partial charge in [0.1, 0.15) is 5.60 Å². The number of amides is 1. The van der Waals surface area contributed by atoms with Gasteiger partial charge < -0.3 is 19.1 Å². The maximum absolute atomic E-state index is 12.6. The minimum absolute atomic E-state index is 0.128. The molecule has 0 aliphatic carbocycles. The van der Waals surface area contributed by atoms with Crippen molar-refractivity contribution < 1.29 is 19.0 Å². The van der Waals surface area contributed by atoms with Crippen LogP contribution in [0.3, 0.4) is 0 Å². The fraction of sp³-hybridized carbons (Fsp3) is 0.667. The van der Waals surface area contributed by atoms with E-state index in [-0.39, 0.29) is 17.9 Å².